The van der Waals surface area contributed by atoms with E-state index in [2.05, 4.69) is 19.2 Å². The molecule has 10 heteroatoms. The number of hydrogen-bond acceptors (Lipinski definition) is 3. The first kappa shape index (κ1) is 29.2. The highest BCUT2D eigenvalue weighted by Gasteiger charge is 2.38. The van der Waals surface area contributed by atoms with Crippen LogP contribution < -0.4 is 5.32 Å². The molecule has 1 unspecified atom stereocenters. The molecule has 0 aliphatic heterocycles. The molecule has 188 valence electrons. The molecule has 2 N–H and O–H groups in total. The third-order valence-electron chi connectivity index (χ3n) is 4.84. The second-order valence-electron chi connectivity index (χ2n) is 7.50. The topological polar surface area (TPSA) is 75.6 Å². The van der Waals surface area contributed by atoms with Crippen molar-refractivity contribution in [3.05, 3.63) is 53.3 Å². The molecule has 0 saturated heterocycles. The van der Waals surface area contributed by atoms with Gasteiger partial charge in [0.05, 0.1) is 12.3 Å². The van der Waals surface area contributed by atoms with Gasteiger partial charge in [0, 0.05) is 10.6 Å². The average Bonchev–Trinajstić information content (AvgIpc) is 2.76. The van der Waals surface area contributed by atoms with Gasteiger partial charge < -0.3 is 9.84 Å². The lowest BCUT2D eigenvalue weighted by atomic mass is 10.00. The van der Waals surface area contributed by atoms with Crippen LogP contribution in [0.5, 0.6) is 0 Å². The monoisotopic (exact) mass is 505 g/mol. The molecular formula is C24H28ClF4NO4. The Morgan fingerprint density at radius 1 is 1.12 bits per heavy atom. The molecule has 0 aliphatic rings. The predicted molar refractivity (Wildman–Crippen MR) is 123 cm³/mol. The molecule has 0 heterocycles. The summed E-state index contributed by atoms with van der Waals surface area (Å²) in [6, 6.07) is 11.5. The summed E-state index contributed by atoms with van der Waals surface area (Å²) < 4.78 is 50.8. The lowest BCUT2D eigenvalue weighted by Gasteiger charge is -2.16. The zero-order valence-corrected chi connectivity index (χ0v) is 19.7. The number of amides is 1. The van der Waals surface area contributed by atoms with E-state index < -0.39 is 24.1 Å². The number of anilines is 1. The van der Waals surface area contributed by atoms with Gasteiger partial charge in [-0.2, -0.15) is 13.2 Å². The number of ether oxygens (including phenoxy) is 1. The molecule has 0 fully saturated rings. The normalized spacial score (nSPS) is 11.7. The number of rotatable bonds is 9. The fourth-order valence-corrected chi connectivity index (χ4v) is 3.15. The van der Waals surface area contributed by atoms with E-state index in [0.717, 1.165) is 24.8 Å². The highest BCUT2D eigenvalue weighted by atomic mass is 35.5. The van der Waals surface area contributed by atoms with Crippen molar-refractivity contribution in [2.45, 2.75) is 52.1 Å². The predicted octanol–water partition coefficient (Wildman–Crippen LogP) is 7.93. The van der Waals surface area contributed by atoms with E-state index >= 15 is 0 Å². The molecule has 1 amide bonds. The van der Waals surface area contributed by atoms with Crippen molar-refractivity contribution in [3.8, 4) is 11.1 Å². The first-order valence-corrected chi connectivity index (χ1v) is 11.1. The van der Waals surface area contributed by atoms with Crippen molar-refractivity contribution in [2.24, 2.45) is 5.92 Å². The van der Waals surface area contributed by atoms with Crippen LogP contribution in [0.25, 0.3) is 11.1 Å². The Balaban J connectivity index is 0.000000718. The highest BCUT2D eigenvalue weighted by Crippen LogP contribution is 2.30. The van der Waals surface area contributed by atoms with Crippen LogP contribution in [0.15, 0.2) is 42.5 Å². The van der Waals surface area contributed by atoms with Crippen molar-refractivity contribution in [1.29, 1.82) is 0 Å². The number of alkyl halides is 3. The molecule has 0 aliphatic carbocycles. The van der Waals surface area contributed by atoms with Gasteiger partial charge in [0.1, 0.15) is 5.82 Å². The van der Waals surface area contributed by atoms with Crippen LogP contribution in [0.4, 0.5) is 28.0 Å². The number of unbranched alkanes of at least 4 members (excludes halogenated alkanes) is 2. The standard InChI is InChI=1S/C22H27ClFNO2.C2HF3O2/c1-3-5-6-8-16(4-2)15-27-22(26)25-21-14-19(24)11-12-20(21)17-9-7-10-18(23)13-17;3-2(4,5)1(6)7/h7,9-14,16H,3-6,8,15H2,1-2H3,(H,25,26);(H,6,7). The average molecular weight is 506 g/mol. The zero-order chi connectivity index (χ0) is 25.7. The van der Waals surface area contributed by atoms with Gasteiger partial charge in [0.15, 0.2) is 0 Å². The number of carboxylic acids is 1. The minimum Gasteiger partial charge on any atom is -0.475 e. The van der Waals surface area contributed by atoms with Gasteiger partial charge in [0.25, 0.3) is 0 Å². The Kier molecular flexibility index (Phi) is 12.4. The molecule has 1 atom stereocenters. The van der Waals surface area contributed by atoms with Crippen molar-refractivity contribution >= 4 is 29.4 Å². The third kappa shape index (κ3) is 10.9. The van der Waals surface area contributed by atoms with Crippen LogP contribution in [-0.2, 0) is 9.53 Å². The minimum absolute atomic E-state index is 0.349. The molecule has 0 spiro atoms. The molecule has 0 bridgehead atoms. The van der Waals surface area contributed by atoms with Crippen molar-refractivity contribution in [3.63, 3.8) is 0 Å². The van der Waals surface area contributed by atoms with Gasteiger partial charge in [-0.3, -0.25) is 5.32 Å². The molecule has 0 radical (unpaired) electrons. The van der Waals surface area contributed by atoms with Crippen molar-refractivity contribution < 1.29 is 37.0 Å². The van der Waals surface area contributed by atoms with Crippen LogP contribution in [-0.4, -0.2) is 30.0 Å². The number of nitrogens with one attached hydrogen (secondary N) is 1. The maximum Gasteiger partial charge on any atom is 0.490 e. The maximum atomic E-state index is 13.7. The minimum atomic E-state index is -5.08. The number of aliphatic carboxylic acids is 1. The summed E-state index contributed by atoms with van der Waals surface area (Å²) in [7, 11) is 0. The van der Waals surface area contributed by atoms with E-state index in [1.807, 2.05) is 12.1 Å². The first-order valence-electron chi connectivity index (χ1n) is 10.8. The van der Waals surface area contributed by atoms with E-state index in [9.17, 15) is 22.4 Å². The van der Waals surface area contributed by atoms with Crippen LogP contribution >= 0.6 is 11.6 Å². The number of halogens is 5. The van der Waals surface area contributed by atoms with E-state index in [0.29, 0.717) is 28.8 Å². The molecule has 2 rings (SSSR count). The van der Waals surface area contributed by atoms with Gasteiger partial charge in [0.2, 0.25) is 0 Å². The number of hydrogen-bond donors (Lipinski definition) is 2. The van der Waals surface area contributed by atoms with E-state index in [-0.39, 0.29) is 0 Å². The molecule has 2 aromatic rings. The summed E-state index contributed by atoms with van der Waals surface area (Å²) in [6.07, 6.45) is -0.143. The van der Waals surface area contributed by atoms with Crippen molar-refractivity contribution in [1.82, 2.24) is 0 Å². The summed E-state index contributed by atoms with van der Waals surface area (Å²) in [5.74, 6) is -2.84. The van der Waals surface area contributed by atoms with Gasteiger partial charge in [-0.1, -0.05) is 63.3 Å². The maximum absolute atomic E-state index is 13.7. The lowest BCUT2D eigenvalue weighted by Crippen LogP contribution is -2.21. The van der Waals surface area contributed by atoms with Gasteiger partial charge >= 0.3 is 18.2 Å². The SMILES string of the molecule is CCCCCC(CC)COC(=O)Nc1cc(F)ccc1-c1cccc(Cl)c1.O=C(O)C(F)(F)F. The van der Waals surface area contributed by atoms with E-state index in [1.165, 1.54) is 25.0 Å². The Bertz CT molecular complexity index is 937. The van der Waals surface area contributed by atoms with Crippen molar-refractivity contribution in [2.75, 3.05) is 11.9 Å². The highest BCUT2D eigenvalue weighted by molar-refractivity contribution is 6.30. The zero-order valence-electron chi connectivity index (χ0n) is 18.9. The number of carbonyl (C=O) groups is 2. The molecule has 0 saturated carbocycles. The third-order valence-corrected chi connectivity index (χ3v) is 5.07. The summed E-state index contributed by atoms with van der Waals surface area (Å²) >= 11 is 6.05. The number of benzene rings is 2. The fourth-order valence-electron chi connectivity index (χ4n) is 2.96. The lowest BCUT2D eigenvalue weighted by molar-refractivity contribution is -0.192. The van der Waals surface area contributed by atoms with Crippen LogP contribution in [0.1, 0.15) is 46.0 Å². The summed E-state index contributed by atoms with van der Waals surface area (Å²) in [4.78, 5) is 21.1. The van der Waals surface area contributed by atoms with Gasteiger partial charge in [-0.25, -0.2) is 14.0 Å². The molecule has 5 nitrogen and oxygen atoms in total. The fraction of sp³-hybridized carbons (Fsp3) is 0.417. The second kappa shape index (κ2) is 14.5. The number of carboxylic acid groups (broad SMARTS) is 1. The van der Waals surface area contributed by atoms with E-state index in [4.69, 9.17) is 26.2 Å². The smallest absolute Gasteiger partial charge is 0.475 e. The Hall–Kier alpha value is -2.81. The van der Waals surface area contributed by atoms with Crippen LogP contribution in [0, 0.1) is 11.7 Å². The molecular weight excluding hydrogens is 478 g/mol. The van der Waals surface area contributed by atoms with Crippen LogP contribution in [0.3, 0.4) is 0 Å². The number of carbonyl (C=O) groups excluding carboxylic acids is 1. The quantitative estimate of drug-likeness (QED) is 0.268. The molecule has 34 heavy (non-hydrogen) atoms. The summed E-state index contributed by atoms with van der Waals surface area (Å²) in [5.41, 5.74) is 1.84. The summed E-state index contributed by atoms with van der Waals surface area (Å²) in [6.45, 7) is 4.64. The largest absolute Gasteiger partial charge is 0.490 e. The molecule has 2 aromatic carbocycles. The Morgan fingerprint density at radius 3 is 2.35 bits per heavy atom. The summed E-state index contributed by atoms with van der Waals surface area (Å²) in [5, 5.41) is 10.4. The molecule has 0 aromatic heterocycles. The van der Waals surface area contributed by atoms with Crippen LogP contribution in [0.2, 0.25) is 5.02 Å². The van der Waals surface area contributed by atoms with E-state index in [1.54, 1.807) is 18.2 Å². The Morgan fingerprint density at radius 2 is 1.79 bits per heavy atom. The van der Waals surface area contributed by atoms with Gasteiger partial charge in [-0.05, 0) is 48.2 Å². The first-order chi connectivity index (χ1) is 16.0. The second-order valence-corrected chi connectivity index (χ2v) is 7.93. The Labute approximate surface area is 201 Å². The van der Waals surface area contributed by atoms with Gasteiger partial charge in [-0.15, -0.1) is 0 Å².